The third-order valence-corrected chi connectivity index (χ3v) is 5.49. The smallest absolute Gasteiger partial charge is 0.00221 e. The van der Waals surface area contributed by atoms with Gasteiger partial charge in [0.25, 0.3) is 0 Å². The van der Waals surface area contributed by atoms with Crippen molar-refractivity contribution >= 4 is 18.9 Å². The van der Waals surface area contributed by atoms with Crippen molar-refractivity contribution in [3.63, 3.8) is 0 Å². The lowest BCUT2D eigenvalue weighted by molar-refractivity contribution is 1.23. The van der Waals surface area contributed by atoms with Crippen LogP contribution in [0.3, 0.4) is 0 Å². The second-order valence-electron chi connectivity index (χ2n) is 6.26. The summed E-state index contributed by atoms with van der Waals surface area (Å²) in [6, 6.07) is 11.1. The van der Waals surface area contributed by atoms with E-state index in [0.29, 0.717) is 0 Å². The fourth-order valence-electron chi connectivity index (χ4n) is 2.63. The van der Waals surface area contributed by atoms with Gasteiger partial charge in [0.05, 0.1) is 0 Å². The van der Waals surface area contributed by atoms with Crippen LogP contribution in [0.4, 0.5) is 0 Å². The number of hydrogen-bond acceptors (Lipinski definition) is 1. The highest BCUT2D eigenvalue weighted by Gasteiger charge is 2.12. The van der Waals surface area contributed by atoms with E-state index in [4.69, 9.17) is 5.50 Å². The summed E-state index contributed by atoms with van der Waals surface area (Å²) in [5.41, 5.74) is 15.2. The Morgan fingerprint density at radius 2 is 1.55 bits per heavy atom. The SMILES string of the molecule is C=C(Cc1ccc(C)c(C)c1)c1cc(C)c(C)cc1P(C)N. The average Bonchev–Trinajstić information content (AvgIpc) is 2.45. The van der Waals surface area contributed by atoms with Gasteiger partial charge in [-0.3, -0.25) is 0 Å². The molecule has 2 heteroatoms. The van der Waals surface area contributed by atoms with Crippen LogP contribution >= 0.6 is 8.07 Å². The number of allylic oxidation sites excluding steroid dienone is 1. The Morgan fingerprint density at radius 1 is 0.955 bits per heavy atom. The summed E-state index contributed by atoms with van der Waals surface area (Å²) < 4.78 is 0. The van der Waals surface area contributed by atoms with Crippen molar-refractivity contribution in [3.05, 3.63) is 70.3 Å². The minimum absolute atomic E-state index is 0.624. The van der Waals surface area contributed by atoms with Crippen molar-refractivity contribution in [1.29, 1.82) is 0 Å². The second-order valence-corrected chi connectivity index (χ2v) is 7.97. The summed E-state index contributed by atoms with van der Waals surface area (Å²) in [6.45, 7) is 15.1. The Labute approximate surface area is 136 Å². The summed E-state index contributed by atoms with van der Waals surface area (Å²) in [6.07, 6.45) is 0.875. The first-order valence-corrected chi connectivity index (χ1v) is 9.49. The topological polar surface area (TPSA) is 26.0 Å². The molecule has 1 unspecified atom stereocenters. The number of hydrogen-bond donors (Lipinski definition) is 1. The summed E-state index contributed by atoms with van der Waals surface area (Å²) >= 11 is 0. The Balaban J connectivity index is 2.36. The molecule has 1 atom stereocenters. The first-order chi connectivity index (χ1) is 10.3. The van der Waals surface area contributed by atoms with E-state index in [0.717, 1.165) is 12.0 Å². The molecule has 2 aromatic carbocycles. The quantitative estimate of drug-likeness (QED) is 0.807. The molecule has 2 aromatic rings. The highest BCUT2D eigenvalue weighted by Crippen LogP contribution is 2.28. The van der Waals surface area contributed by atoms with Gasteiger partial charge in [0.15, 0.2) is 0 Å². The number of nitrogens with two attached hydrogens (primary N) is 1. The third-order valence-electron chi connectivity index (χ3n) is 4.36. The third kappa shape index (κ3) is 3.66. The molecule has 0 aromatic heterocycles. The lowest BCUT2D eigenvalue weighted by atomic mass is 9.95. The van der Waals surface area contributed by atoms with Gasteiger partial charge >= 0.3 is 0 Å². The van der Waals surface area contributed by atoms with Gasteiger partial charge in [-0.15, -0.1) is 0 Å². The summed E-state index contributed by atoms with van der Waals surface area (Å²) in [4.78, 5) is 0. The van der Waals surface area contributed by atoms with Gasteiger partial charge in [0.1, 0.15) is 0 Å². The molecule has 0 heterocycles. The molecule has 0 aliphatic rings. The maximum atomic E-state index is 6.23. The zero-order valence-electron chi connectivity index (χ0n) is 14.3. The van der Waals surface area contributed by atoms with Gasteiger partial charge in [0.2, 0.25) is 0 Å². The van der Waals surface area contributed by atoms with Crippen LogP contribution in [-0.2, 0) is 6.42 Å². The normalized spacial score (nSPS) is 12.3. The maximum absolute atomic E-state index is 6.23. The molecule has 0 bridgehead atoms. The maximum Gasteiger partial charge on any atom is -0.00221 e. The fraction of sp³-hybridized carbons (Fsp3) is 0.300. The molecule has 116 valence electrons. The van der Waals surface area contributed by atoms with Crippen LogP contribution in [0.2, 0.25) is 0 Å². The molecule has 0 aliphatic heterocycles. The van der Waals surface area contributed by atoms with Crippen LogP contribution in [0.1, 0.15) is 33.4 Å². The fourth-order valence-corrected chi connectivity index (χ4v) is 3.63. The standard InChI is InChI=1S/C20H26NP/c1-13-7-8-18(9-14(13)2)10-17(5)19-11-15(3)16(4)12-20(19)22(6)21/h7-9,11-12H,5,10,21H2,1-4,6H3. The largest absolute Gasteiger partial charge is 0.306 e. The molecule has 2 N–H and O–H groups in total. The zero-order chi connectivity index (χ0) is 16.4. The molecule has 0 saturated carbocycles. The van der Waals surface area contributed by atoms with Crippen molar-refractivity contribution in [1.82, 2.24) is 0 Å². The lowest BCUT2D eigenvalue weighted by Crippen LogP contribution is -2.14. The minimum Gasteiger partial charge on any atom is -0.306 e. The second kappa shape index (κ2) is 6.77. The van der Waals surface area contributed by atoms with E-state index >= 15 is 0 Å². The molecule has 1 nitrogen and oxygen atoms in total. The van der Waals surface area contributed by atoms with Gasteiger partial charge < -0.3 is 5.50 Å². The van der Waals surface area contributed by atoms with E-state index in [9.17, 15) is 0 Å². The highest BCUT2D eigenvalue weighted by molar-refractivity contribution is 7.62. The number of rotatable bonds is 4. The number of benzene rings is 2. The molecular formula is C20H26NP. The molecule has 0 fully saturated rings. The van der Waals surface area contributed by atoms with Crippen LogP contribution in [0.5, 0.6) is 0 Å². The van der Waals surface area contributed by atoms with Gasteiger partial charge in [-0.25, -0.2) is 0 Å². The van der Waals surface area contributed by atoms with Crippen molar-refractivity contribution < 1.29 is 0 Å². The Morgan fingerprint density at radius 3 is 2.14 bits per heavy atom. The van der Waals surface area contributed by atoms with E-state index in [-0.39, 0.29) is 0 Å². The predicted octanol–water partition coefficient (Wildman–Crippen LogP) is 4.79. The van der Waals surface area contributed by atoms with E-state index in [1.807, 2.05) is 0 Å². The van der Waals surface area contributed by atoms with Crippen molar-refractivity contribution in [3.8, 4) is 0 Å². The molecule has 0 saturated heterocycles. The molecule has 22 heavy (non-hydrogen) atoms. The van der Waals surface area contributed by atoms with Crippen LogP contribution in [0.25, 0.3) is 5.57 Å². The Kier molecular flexibility index (Phi) is 5.21. The first kappa shape index (κ1) is 16.9. The lowest BCUT2D eigenvalue weighted by Gasteiger charge is -2.18. The minimum atomic E-state index is -0.624. The monoisotopic (exact) mass is 311 g/mol. The van der Waals surface area contributed by atoms with Crippen LogP contribution in [0, 0.1) is 27.7 Å². The van der Waals surface area contributed by atoms with E-state index < -0.39 is 8.07 Å². The van der Waals surface area contributed by atoms with Crippen molar-refractivity contribution in [2.45, 2.75) is 34.1 Å². The molecule has 0 radical (unpaired) electrons. The van der Waals surface area contributed by atoms with Crippen LogP contribution in [0.15, 0.2) is 36.9 Å². The molecule has 0 aliphatic carbocycles. The Bertz CT molecular complexity index is 714. The van der Waals surface area contributed by atoms with Gasteiger partial charge in [-0.05, 0) is 99.2 Å². The summed E-state index contributed by atoms with van der Waals surface area (Å²) in [5.74, 6) is 0. The molecule has 2 rings (SSSR count). The van der Waals surface area contributed by atoms with Crippen molar-refractivity contribution in [2.75, 3.05) is 6.66 Å². The van der Waals surface area contributed by atoms with E-state index in [1.165, 1.54) is 38.7 Å². The van der Waals surface area contributed by atoms with Crippen LogP contribution in [-0.4, -0.2) is 6.66 Å². The molecule has 0 amide bonds. The van der Waals surface area contributed by atoms with Gasteiger partial charge in [-0.2, -0.15) is 0 Å². The van der Waals surface area contributed by atoms with Gasteiger partial charge in [-0.1, -0.05) is 30.8 Å². The van der Waals surface area contributed by atoms with Crippen LogP contribution < -0.4 is 10.8 Å². The van der Waals surface area contributed by atoms with Gasteiger partial charge in [0, 0.05) is 0 Å². The Hall–Kier alpha value is -1.43. The summed E-state index contributed by atoms with van der Waals surface area (Å²) in [7, 11) is -0.624. The van der Waals surface area contributed by atoms with E-state index in [2.05, 4.69) is 71.3 Å². The first-order valence-electron chi connectivity index (χ1n) is 7.63. The average molecular weight is 311 g/mol. The molecule has 0 spiro atoms. The van der Waals surface area contributed by atoms with Crippen molar-refractivity contribution in [2.24, 2.45) is 5.50 Å². The molecular weight excluding hydrogens is 285 g/mol. The number of aryl methyl sites for hydroxylation is 4. The zero-order valence-corrected chi connectivity index (χ0v) is 15.2. The predicted molar refractivity (Wildman–Crippen MR) is 101 cm³/mol. The summed E-state index contributed by atoms with van der Waals surface area (Å²) in [5, 5.41) is 1.26. The van der Waals surface area contributed by atoms with E-state index in [1.54, 1.807) is 0 Å². The highest BCUT2D eigenvalue weighted by atomic mass is 31.1.